The second-order valence-corrected chi connectivity index (χ2v) is 6.58. The molecule has 0 heterocycles. The van der Waals surface area contributed by atoms with Crippen molar-refractivity contribution < 1.29 is 4.79 Å². The third kappa shape index (κ3) is 4.41. The quantitative estimate of drug-likeness (QED) is 0.495. The molecule has 3 aromatic carbocycles. The van der Waals surface area contributed by atoms with Crippen LogP contribution in [0.1, 0.15) is 21.5 Å². The Hall–Kier alpha value is -2.29. The molecule has 2 nitrogen and oxygen atoms in total. The number of aldehydes is 1. The first-order valence-corrected chi connectivity index (χ1v) is 8.70. The lowest BCUT2D eigenvalue weighted by Gasteiger charge is -2.26. The summed E-state index contributed by atoms with van der Waals surface area (Å²) in [5, 5.41) is 0.729. The molecule has 0 aliphatic rings. The summed E-state index contributed by atoms with van der Waals surface area (Å²) < 4.78 is 0. The summed E-state index contributed by atoms with van der Waals surface area (Å²) in [6, 6.07) is 24.0. The third-order valence-corrected chi connectivity index (χ3v) is 4.60. The van der Waals surface area contributed by atoms with Crippen LogP contribution in [-0.2, 0) is 13.1 Å². The number of carbonyl (C=O) groups excluding carboxylic acids is 1. The summed E-state index contributed by atoms with van der Waals surface area (Å²) in [6.45, 7) is 1.42. The molecule has 0 fully saturated rings. The second kappa shape index (κ2) is 8.19. The van der Waals surface area contributed by atoms with Gasteiger partial charge in [-0.25, -0.2) is 0 Å². The van der Waals surface area contributed by atoms with Gasteiger partial charge in [-0.15, -0.1) is 0 Å². The highest BCUT2D eigenvalue weighted by molar-refractivity contribution is 6.38. The Morgan fingerprint density at radius 1 is 0.760 bits per heavy atom. The Kier molecular flexibility index (Phi) is 5.75. The fourth-order valence-corrected chi connectivity index (χ4v) is 3.28. The molecule has 0 radical (unpaired) electrons. The molecule has 0 spiro atoms. The van der Waals surface area contributed by atoms with Crippen LogP contribution in [-0.4, -0.2) is 6.29 Å². The van der Waals surface area contributed by atoms with Gasteiger partial charge in [0.25, 0.3) is 0 Å². The highest BCUT2D eigenvalue weighted by atomic mass is 35.5. The number of anilines is 1. The van der Waals surface area contributed by atoms with Crippen molar-refractivity contribution in [3.8, 4) is 0 Å². The van der Waals surface area contributed by atoms with Crippen molar-refractivity contribution >= 4 is 35.2 Å². The predicted molar refractivity (Wildman–Crippen MR) is 105 cm³/mol. The van der Waals surface area contributed by atoms with Gasteiger partial charge in [-0.1, -0.05) is 83.9 Å². The Bertz CT molecular complexity index is 786. The average molecular weight is 370 g/mol. The number of carbonyl (C=O) groups is 1. The van der Waals surface area contributed by atoms with Crippen LogP contribution in [0.15, 0.2) is 72.8 Å². The van der Waals surface area contributed by atoms with Gasteiger partial charge < -0.3 is 4.90 Å². The molecule has 0 N–H and O–H groups in total. The fourth-order valence-electron chi connectivity index (χ4n) is 2.71. The third-order valence-electron chi connectivity index (χ3n) is 3.98. The number of rotatable bonds is 6. The Balaban J connectivity index is 1.97. The maximum absolute atomic E-state index is 11.1. The molecule has 0 amide bonds. The summed E-state index contributed by atoms with van der Waals surface area (Å²) >= 11 is 12.5. The lowest BCUT2D eigenvalue weighted by Crippen LogP contribution is -2.22. The van der Waals surface area contributed by atoms with Crippen LogP contribution in [0.25, 0.3) is 0 Å². The molecule has 126 valence electrons. The van der Waals surface area contributed by atoms with E-state index in [1.54, 1.807) is 12.1 Å². The van der Waals surface area contributed by atoms with Gasteiger partial charge in [0.15, 0.2) is 6.29 Å². The number of halogens is 2. The summed E-state index contributed by atoms with van der Waals surface area (Å²) in [7, 11) is 0. The Labute approximate surface area is 157 Å². The smallest absolute Gasteiger partial charge is 0.153 e. The molecular weight excluding hydrogens is 353 g/mol. The lowest BCUT2D eigenvalue weighted by molar-refractivity contribution is 0.112. The normalized spacial score (nSPS) is 10.5. The van der Waals surface area contributed by atoms with Crippen molar-refractivity contribution in [3.63, 3.8) is 0 Å². The minimum absolute atomic E-state index is 0.325. The zero-order valence-electron chi connectivity index (χ0n) is 13.5. The van der Waals surface area contributed by atoms with E-state index >= 15 is 0 Å². The van der Waals surface area contributed by atoms with Crippen LogP contribution in [0.3, 0.4) is 0 Å². The molecule has 4 heteroatoms. The highest BCUT2D eigenvalue weighted by Gasteiger charge is 2.14. The number of nitrogens with zero attached hydrogens (tertiary/aromatic N) is 1. The van der Waals surface area contributed by atoms with Crippen molar-refractivity contribution in [1.82, 2.24) is 0 Å². The van der Waals surface area contributed by atoms with Gasteiger partial charge in [-0.05, 0) is 23.3 Å². The molecule has 25 heavy (non-hydrogen) atoms. The van der Waals surface area contributed by atoms with Crippen LogP contribution < -0.4 is 4.90 Å². The van der Waals surface area contributed by atoms with Gasteiger partial charge in [0.1, 0.15) is 0 Å². The zero-order chi connectivity index (χ0) is 17.6. The van der Waals surface area contributed by atoms with Crippen LogP contribution >= 0.6 is 23.2 Å². The number of hydrogen-bond donors (Lipinski definition) is 0. The van der Waals surface area contributed by atoms with Crippen LogP contribution in [0.5, 0.6) is 0 Å². The van der Waals surface area contributed by atoms with E-state index in [2.05, 4.69) is 29.2 Å². The van der Waals surface area contributed by atoms with Crippen LogP contribution in [0.2, 0.25) is 10.0 Å². The van der Waals surface area contributed by atoms with E-state index in [0.717, 1.165) is 5.69 Å². The molecule has 3 rings (SSSR count). The van der Waals surface area contributed by atoms with Gasteiger partial charge in [0.2, 0.25) is 0 Å². The van der Waals surface area contributed by atoms with Gasteiger partial charge in [0.05, 0.1) is 15.6 Å². The standard InChI is InChI=1S/C21H17Cl2NO/c22-20-11-18(12-21(23)19(20)15-25)24(13-16-7-3-1-4-8-16)14-17-9-5-2-6-10-17/h1-12,15H,13-14H2. The fraction of sp³-hybridized carbons (Fsp3) is 0.0952. The maximum Gasteiger partial charge on any atom is 0.153 e. The van der Waals surface area contributed by atoms with Crippen molar-refractivity contribution in [2.24, 2.45) is 0 Å². The lowest BCUT2D eigenvalue weighted by atomic mass is 10.1. The Morgan fingerprint density at radius 3 is 1.60 bits per heavy atom. The number of hydrogen-bond acceptors (Lipinski definition) is 2. The second-order valence-electron chi connectivity index (χ2n) is 5.77. The van der Waals surface area contributed by atoms with Crippen LogP contribution in [0, 0.1) is 0 Å². The summed E-state index contributed by atoms with van der Waals surface area (Å²) in [6.07, 6.45) is 0.688. The SMILES string of the molecule is O=Cc1c(Cl)cc(N(Cc2ccccc2)Cc2ccccc2)cc1Cl. The topological polar surface area (TPSA) is 20.3 Å². The summed E-state index contributed by atoms with van der Waals surface area (Å²) in [4.78, 5) is 13.3. The van der Waals surface area contributed by atoms with Crippen molar-refractivity contribution in [3.05, 3.63) is 99.5 Å². The van der Waals surface area contributed by atoms with E-state index in [1.807, 2.05) is 36.4 Å². The largest absolute Gasteiger partial charge is 0.363 e. The zero-order valence-corrected chi connectivity index (χ0v) is 15.0. The molecule has 0 unspecified atom stereocenters. The average Bonchev–Trinajstić information content (AvgIpc) is 2.63. The molecule has 0 saturated heterocycles. The van der Waals surface area contributed by atoms with Gasteiger partial charge >= 0.3 is 0 Å². The molecule has 0 saturated carbocycles. The van der Waals surface area contributed by atoms with E-state index in [4.69, 9.17) is 23.2 Å². The van der Waals surface area contributed by atoms with Gasteiger partial charge in [-0.2, -0.15) is 0 Å². The molecule has 3 aromatic rings. The van der Waals surface area contributed by atoms with E-state index in [1.165, 1.54) is 11.1 Å². The minimum atomic E-state index is 0.325. The first-order chi connectivity index (χ1) is 12.2. The summed E-state index contributed by atoms with van der Waals surface area (Å²) in [5.41, 5.74) is 3.58. The first-order valence-electron chi connectivity index (χ1n) is 7.94. The van der Waals surface area contributed by atoms with Crippen molar-refractivity contribution in [2.45, 2.75) is 13.1 Å². The van der Waals surface area contributed by atoms with E-state index in [0.29, 0.717) is 35.0 Å². The van der Waals surface area contributed by atoms with Gasteiger partial charge in [0, 0.05) is 18.8 Å². The van der Waals surface area contributed by atoms with E-state index in [9.17, 15) is 4.79 Å². The predicted octanol–water partition coefficient (Wildman–Crippen LogP) is 6.01. The maximum atomic E-state index is 11.1. The molecule has 0 aliphatic carbocycles. The molecule has 0 aliphatic heterocycles. The van der Waals surface area contributed by atoms with E-state index < -0.39 is 0 Å². The number of benzene rings is 3. The van der Waals surface area contributed by atoms with Crippen LogP contribution in [0.4, 0.5) is 5.69 Å². The minimum Gasteiger partial charge on any atom is -0.363 e. The first kappa shape index (κ1) is 17.5. The molecule has 0 atom stereocenters. The van der Waals surface area contributed by atoms with E-state index in [-0.39, 0.29) is 0 Å². The monoisotopic (exact) mass is 369 g/mol. The summed E-state index contributed by atoms with van der Waals surface area (Å²) in [5.74, 6) is 0. The molecular formula is C21H17Cl2NO. The van der Waals surface area contributed by atoms with Gasteiger partial charge in [-0.3, -0.25) is 4.79 Å². The highest BCUT2D eigenvalue weighted by Crippen LogP contribution is 2.31. The molecule has 0 aromatic heterocycles. The Morgan fingerprint density at radius 2 is 1.20 bits per heavy atom. The van der Waals surface area contributed by atoms with Crippen molar-refractivity contribution in [1.29, 1.82) is 0 Å². The molecule has 0 bridgehead atoms. The van der Waals surface area contributed by atoms with Crippen molar-refractivity contribution in [2.75, 3.05) is 4.90 Å².